The third-order valence-corrected chi connectivity index (χ3v) is 8.50. The summed E-state index contributed by atoms with van der Waals surface area (Å²) in [5.41, 5.74) is 3.76. The summed E-state index contributed by atoms with van der Waals surface area (Å²) in [5.74, 6) is 0.000528. The molecule has 3 aromatic rings. The Hall–Kier alpha value is -3.82. The minimum absolute atomic E-state index is 0.158. The van der Waals surface area contributed by atoms with E-state index in [1.54, 1.807) is 29.3 Å². The number of halogens is 2. The number of rotatable bonds is 7. The van der Waals surface area contributed by atoms with Gasteiger partial charge in [-0.05, 0) is 66.6 Å². The quantitative estimate of drug-likeness (QED) is 0.408. The van der Waals surface area contributed by atoms with Crippen molar-refractivity contribution in [3.05, 3.63) is 82.3 Å². The van der Waals surface area contributed by atoms with Crippen molar-refractivity contribution in [3.63, 3.8) is 0 Å². The molecule has 3 aliphatic rings. The number of carbonyl (C=O) groups is 3. The summed E-state index contributed by atoms with van der Waals surface area (Å²) in [6.45, 7) is 3.54. The van der Waals surface area contributed by atoms with E-state index in [-0.39, 0.29) is 24.1 Å². The molecule has 1 aromatic heterocycles. The second-order valence-electron chi connectivity index (χ2n) is 11.0. The van der Waals surface area contributed by atoms with Crippen molar-refractivity contribution >= 4 is 35.1 Å². The third kappa shape index (κ3) is 5.83. The molecule has 4 heterocycles. The monoisotopic (exact) mass is 575 g/mol. The average molecular weight is 576 g/mol. The van der Waals surface area contributed by atoms with E-state index < -0.39 is 11.9 Å². The molecule has 10 heteroatoms. The van der Waals surface area contributed by atoms with Crippen molar-refractivity contribution < 1.29 is 18.8 Å². The Morgan fingerprint density at radius 3 is 2.61 bits per heavy atom. The van der Waals surface area contributed by atoms with Crippen LogP contribution in [0.4, 0.5) is 10.2 Å². The minimum Gasteiger partial charge on any atom is -0.357 e. The lowest BCUT2D eigenvalue weighted by molar-refractivity contribution is -0.136. The second-order valence-corrected chi connectivity index (χ2v) is 11.4. The molecule has 1 unspecified atom stereocenters. The van der Waals surface area contributed by atoms with Crippen LogP contribution in [-0.4, -0.2) is 53.3 Å². The normalized spacial score (nSPS) is 19.5. The zero-order valence-electron chi connectivity index (χ0n) is 22.5. The van der Waals surface area contributed by atoms with Crippen LogP contribution in [0.2, 0.25) is 5.02 Å². The first-order chi connectivity index (χ1) is 19.9. The molecule has 8 nitrogen and oxygen atoms in total. The maximum Gasteiger partial charge on any atom is 0.255 e. The molecule has 3 aliphatic heterocycles. The van der Waals surface area contributed by atoms with E-state index in [9.17, 15) is 18.8 Å². The Kier molecular flexibility index (Phi) is 7.73. The number of benzene rings is 2. The Labute approximate surface area is 242 Å². The van der Waals surface area contributed by atoms with Gasteiger partial charge in [0.1, 0.15) is 17.7 Å². The van der Waals surface area contributed by atoms with Gasteiger partial charge < -0.3 is 15.1 Å². The molecule has 0 aliphatic carbocycles. The van der Waals surface area contributed by atoms with Crippen molar-refractivity contribution in [3.8, 4) is 11.1 Å². The molecule has 2 fully saturated rings. The smallest absolute Gasteiger partial charge is 0.255 e. The molecule has 3 amide bonds. The lowest BCUT2D eigenvalue weighted by atomic mass is 9.96. The van der Waals surface area contributed by atoms with E-state index >= 15 is 0 Å². The van der Waals surface area contributed by atoms with E-state index in [1.165, 1.54) is 6.07 Å². The van der Waals surface area contributed by atoms with Crippen LogP contribution in [0.15, 0.2) is 54.7 Å². The topological polar surface area (TPSA) is 94.6 Å². The van der Waals surface area contributed by atoms with E-state index in [1.807, 2.05) is 24.3 Å². The molecule has 1 atom stereocenters. The van der Waals surface area contributed by atoms with Crippen molar-refractivity contribution in [2.24, 2.45) is 5.92 Å². The van der Waals surface area contributed by atoms with E-state index in [0.29, 0.717) is 53.0 Å². The Bertz CT molecular complexity index is 1510. The molecular formula is C31H31ClFN5O3. The van der Waals surface area contributed by atoms with Gasteiger partial charge in [0.15, 0.2) is 0 Å². The number of nitrogens with zero attached hydrogens (tertiary/aromatic N) is 3. The number of anilines is 1. The van der Waals surface area contributed by atoms with Gasteiger partial charge in [0.2, 0.25) is 11.8 Å². The van der Waals surface area contributed by atoms with Gasteiger partial charge in [-0.3, -0.25) is 19.7 Å². The summed E-state index contributed by atoms with van der Waals surface area (Å²) < 4.78 is 14.9. The number of hydrogen-bond acceptors (Lipinski definition) is 6. The molecule has 0 radical (unpaired) electrons. The molecule has 0 spiro atoms. The van der Waals surface area contributed by atoms with Gasteiger partial charge in [-0.1, -0.05) is 35.9 Å². The maximum absolute atomic E-state index is 14.9. The molecule has 2 N–H and O–H groups in total. The summed E-state index contributed by atoms with van der Waals surface area (Å²) in [4.78, 5) is 44.9. The molecule has 0 saturated carbocycles. The minimum atomic E-state index is -0.604. The zero-order valence-corrected chi connectivity index (χ0v) is 23.3. The highest BCUT2D eigenvalue weighted by atomic mass is 35.5. The highest BCUT2D eigenvalue weighted by molar-refractivity contribution is 6.30. The highest BCUT2D eigenvalue weighted by Gasteiger charge is 2.39. The Morgan fingerprint density at radius 1 is 1.02 bits per heavy atom. The van der Waals surface area contributed by atoms with Crippen molar-refractivity contribution in [1.29, 1.82) is 0 Å². The number of carbonyl (C=O) groups excluding carboxylic acids is 3. The lowest BCUT2D eigenvalue weighted by Gasteiger charge is -2.33. The van der Waals surface area contributed by atoms with Gasteiger partial charge in [-0.15, -0.1) is 0 Å². The number of imide groups is 1. The first kappa shape index (κ1) is 27.4. The fraction of sp³-hybridized carbons (Fsp3) is 0.355. The van der Waals surface area contributed by atoms with Crippen LogP contribution in [0.1, 0.15) is 47.2 Å². The average Bonchev–Trinajstić information content (AvgIpc) is 3.28. The summed E-state index contributed by atoms with van der Waals surface area (Å²) in [6.07, 6.45) is 4.14. The number of nitrogens with one attached hydrogen (secondary N) is 2. The van der Waals surface area contributed by atoms with Crippen LogP contribution in [0.25, 0.3) is 11.1 Å². The van der Waals surface area contributed by atoms with E-state index in [2.05, 4.69) is 20.5 Å². The predicted molar refractivity (Wildman–Crippen MR) is 154 cm³/mol. The van der Waals surface area contributed by atoms with Crippen molar-refractivity contribution in [2.45, 2.75) is 44.8 Å². The number of pyridine rings is 1. The first-order valence-electron chi connectivity index (χ1n) is 14.0. The zero-order chi connectivity index (χ0) is 28.5. The van der Waals surface area contributed by atoms with Crippen LogP contribution in [0, 0.1) is 11.7 Å². The fourth-order valence-electron chi connectivity index (χ4n) is 5.99. The van der Waals surface area contributed by atoms with Gasteiger partial charge in [0.05, 0.1) is 0 Å². The molecular weight excluding hydrogens is 545 g/mol. The SMILES string of the molecule is O=C1CCC(N2Cc3cc(CNCC4CCN(c5cc(F)c(-c6cccc(Cl)c6)cn5)CC4)ccc3C2=O)C(=O)N1. The van der Waals surface area contributed by atoms with Crippen LogP contribution in [-0.2, 0) is 22.7 Å². The van der Waals surface area contributed by atoms with Gasteiger partial charge in [-0.2, -0.15) is 0 Å². The summed E-state index contributed by atoms with van der Waals surface area (Å²) in [7, 11) is 0. The molecule has 41 heavy (non-hydrogen) atoms. The van der Waals surface area contributed by atoms with E-state index in [4.69, 9.17) is 11.6 Å². The Balaban J connectivity index is 0.987. The summed E-state index contributed by atoms with van der Waals surface area (Å²) in [6, 6.07) is 13.8. The summed E-state index contributed by atoms with van der Waals surface area (Å²) >= 11 is 6.06. The van der Waals surface area contributed by atoms with Crippen molar-refractivity contribution in [2.75, 3.05) is 24.5 Å². The number of aromatic nitrogens is 1. The molecule has 2 aromatic carbocycles. The summed E-state index contributed by atoms with van der Waals surface area (Å²) in [5, 5.41) is 6.45. The standard InChI is InChI=1S/C31H31ClFN5O3/c32-23-3-1-2-21(13-23)25-17-35-28(14-26(25)33)37-10-8-19(9-11-37)15-34-16-20-4-5-24-22(12-20)18-38(31(24)41)27-6-7-29(39)36-30(27)40/h1-5,12-14,17,19,27,34H,6-11,15-16,18H2,(H,36,39,40). The van der Waals surface area contributed by atoms with E-state index in [0.717, 1.165) is 43.6 Å². The number of hydrogen-bond donors (Lipinski definition) is 2. The first-order valence-corrected chi connectivity index (χ1v) is 14.4. The van der Waals surface area contributed by atoms with Crippen LogP contribution >= 0.6 is 11.6 Å². The van der Waals surface area contributed by atoms with Gasteiger partial charge in [-0.25, -0.2) is 9.37 Å². The molecule has 0 bridgehead atoms. The lowest BCUT2D eigenvalue weighted by Crippen LogP contribution is -2.52. The molecule has 6 rings (SSSR count). The third-order valence-electron chi connectivity index (χ3n) is 8.26. The molecule has 2 saturated heterocycles. The molecule has 212 valence electrons. The van der Waals surface area contributed by atoms with Gasteiger partial charge in [0, 0.05) is 61.0 Å². The van der Waals surface area contributed by atoms with Crippen LogP contribution in [0.3, 0.4) is 0 Å². The Morgan fingerprint density at radius 2 is 1.85 bits per heavy atom. The van der Waals surface area contributed by atoms with Gasteiger partial charge >= 0.3 is 0 Å². The predicted octanol–water partition coefficient (Wildman–Crippen LogP) is 4.31. The van der Waals surface area contributed by atoms with Crippen LogP contribution < -0.4 is 15.5 Å². The van der Waals surface area contributed by atoms with Crippen molar-refractivity contribution in [1.82, 2.24) is 20.5 Å². The van der Waals surface area contributed by atoms with Crippen LogP contribution in [0.5, 0.6) is 0 Å². The highest BCUT2D eigenvalue weighted by Crippen LogP contribution is 2.30. The number of amides is 3. The second kappa shape index (κ2) is 11.6. The maximum atomic E-state index is 14.9. The fourth-order valence-corrected chi connectivity index (χ4v) is 6.18. The number of piperidine rings is 2. The number of fused-ring (bicyclic) bond motifs is 1. The van der Waals surface area contributed by atoms with Gasteiger partial charge in [0.25, 0.3) is 5.91 Å². The largest absolute Gasteiger partial charge is 0.357 e.